The predicted molar refractivity (Wildman–Crippen MR) is 81.7 cm³/mol. The molecule has 1 aromatic heterocycles. The highest BCUT2D eigenvalue weighted by atomic mass is 35.5. The molecule has 2 aromatic rings. The number of hydrogen-bond acceptors (Lipinski definition) is 3. The fourth-order valence-electron chi connectivity index (χ4n) is 1.68. The number of thiazole rings is 1. The van der Waals surface area contributed by atoms with Crippen LogP contribution in [0.3, 0.4) is 0 Å². The van der Waals surface area contributed by atoms with Crippen molar-refractivity contribution in [2.45, 2.75) is 32.3 Å². The summed E-state index contributed by atoms with van der Waals surface area (Å²) >= 11 is 7.39. The third-order valence-electron chi connectivity index (χ3n) is 2.80. The molecule has 1 heterocycles. The zero-order chi connectivity index (χ0) is 13.5. The molecule has 0 aliphatic heterocycles. The zero-order valence-corrected chi connectivity index (χ0v) is 12.6. The van der Waals surface area contributed by atoms with Gasteiger partial charge in [-0.15, -0.1) is 22.9 Å². The SMILES string of the molecule is CCCCOCc1ccc(-c2nc(CCl)cs2)cc1. The lowest BCUT2D eigenvalue weighted by molar-refractivity contribution is 0.118. The van der Waals surface area contributed by atoms with E-state index < -0.39 is 0 Å². The first-order valence-corrected chi connectivity index (χ1v) is 7.92. The summed E-state index contributed by atoms with van der Waals surface area (Å²) < 4.78 is 5.60. The molecule has 0 saturated heterocycles. The number of rotatable bonds is 7. The van der Waals surface area contributed by atoms with Gasteiger partial charge in [-0.1, -0.05) is 37.6 Å². The topological polar surface area (TPSA) is 22.1 Å². The molecule has 0 atom stereocenters. The van der Waals surface area contributed by atoms with Crippen LogP contribution in [0.2, 0.25) is 0 Å². The standard InChI is InChI=1S/C15H18ClNOS/c1-2-3-8-18-10-12-4-6-13(7-5-12)15-17-14(9-16)11-19-15/h4-7,11H,2-3,8-10H2,1H3. The number of benzene rings is 1. The number of alkyl halides is 1. The van der Waals surface area contributed by atoms with E-state index >= 15 is 0 Å². The van der Waals surface area contributed by atoms with Crippen molar-refractivity contribution in [2.24, 2.45) is 0 Å². The summed E-state index contributed by atoms with van der Waals surface area (Å²) in [4.78, 5) is 4.47. The number of halogens is 1. The van der Waals surface area contributed by atoms with E-state index in [1.807, 2.05) is 5.38 Å². The van der Waals surface area contributed by atoms with Crippen molar-refractivity contribution in [3.63, 3.8) is 0 Å². The molecule has 0 fully saturated rings. The van der Waals surface area contributed by atoms with Crippen molar-refractivity contribution in [1.29, 1.82) is 0 Å². The lowest BCUT2D eigenvalue weighted by Gasteiger charge is -2.04. The molecule has 0 bridgehead atoms. The van der Waals surface area contributed by atoms with E-state index in [0.717, 1.165) is 29.3 Å². The van der Waals surface area contributed by atoms with Crippen LogP contribution in [0, 0.1) is 0 Å². The van der Waals surface area contributed by atoms with Crippen LogP contribution in [0.15, 0.2) is 29.6 Å². The van der Waals surface area contributed by atoms with Gasteiger partial charge in [0.2, 0.25) is 0 Å². The summed E-state index contributed by atoms with van der Waals surface area (Å²) in [6, 6.07) is 8.39. The fraction of sp³-hybridized carbons (Fsp3) is 0.400. The van der Waals surface area contributed by atoms with Crippen molar-refractivity contribution in [3.05, 3.63) is 40.9 Å². The second-order valence-electron chi connectivity index (χ2n) is 4.38. The Kier molecular flexibility index (Phi) is 5.83. The highest BCUT2D eigenvalue weighted by Crippen LogP contribution is 2.24. The average Bonchev–Trinajstić information content (AvgIpc) is 2.93. The van der Waals surface area contributed by atoms with Gasteiger partial charge in [-0.25, -0.2) is 4.98 Å². The number of hydrogen-bond donors (Lipinski definition) is 0. The van der Waals surface area contributed by atoms with Gasteiger partial charge in [-0.3, -0.25) is 0 Å². The van der Waals surface area contributed by atoms with Gasteiger partial charge in [0, 0.05) is 17.6 Å². The molecule has 19 heavy (non-hydrogen) atoms. The van der Waals surface area contributed by atoms with E-state index in [1.165, 1.54) is 12.0 Å². The predicted octanol–water partition coefficient (Wildman–Crippen LogP) is 4.87. The van der Waals surface area contributed by atoms with Crippen molar-refractivity contribution in [2.75, 3.05) is 6.61 Å². The van der Waals surface area contributed by atoms with Crippen molar-refractivity contribution in [1.82, 2.24) is 4.98 Å². The minimum absolute atomic E-state index is 0.472. The normalized spacial score (nSPS) is 10.8. The van der Waals surface area contributed by atoms with Crippen LogP contribution in [-0.4, -0.2) is 11.6 Å². The third-order valence-corrected chi connectivity index (χ3v) is 4.01. The molecule has 0 aliphatic carbocycles. The van der Waals surface area contributed by atoms with Gasteiger partial charge in [-0.2, -0.15) is 0 Å². The van der Waals surface area contributed by atoms with Gasteiger partial charge < -0.3 is 4.74 Å². The lowest BCUT2D eigenvalue weighted by atomic mass is 10.1. The molecule has 0 radical (unpaired) electrons. The molecular weight excluding hydrogens is 278 g/mol. The minimum atomic E-state index is 0.472. The van der Waals surface area contributed by atoms with Gasteiger partial charge in [-0.05, 0) is 12.0 Å². The molecule has 0 saturated carbocycles. The minimum Gasteiger partial charge on any atom is -0.377 e. The molecular formula is C15H18ClNOS. The Morgan fingerprint density at radius 1 is 1.26 bits per heavy atom. The number of unbranched alkanes of at least 4 members (excludes halogenated alkanes) is 1. The van der Waals surface area contributed by atoms with Gasteiger partial charge in [0.1, 0.15) is 5.01 Å². The van der Waals surface area contributed by atoms with E-state index in [1.54, 1.807) is 11.3 Å². The summed E-state index contributed by atoms with van der Waals surface area (Å²) in [5.74, 6) is 0.472. The molecule has 0 N–H and O–H groups in total. The summed E-state index contributed by atoms with van der Waals surface area (Å²) in [5, 5.41) is 3.03. The van der Waals surface area contributed by atoms with Crippen molar-refractivity contribution in [3.8, 4) is 10.6 Å². The van der Waals surface area contributed by atoms with Gasteiger partial charge >= 0.3 is 0 Å². The first-order valence-electron chi connectivity index (χ1n) is 6.51. The Morgan fingerprint density at radius 2 is 2.05 bits per heavy atom. The maximum Gasteiger partial charge on any atom is 0.123 e. The summed E-state index contributed by atoms with van der Waals surface area (Å²) in [5.41, 5.74) is 3.28. The maximum absolute atomic E-state index is 5.76. The lowest BCUT2D eigenvalue weighted by Crippen LogP contribution is -1.94. The van der Waals surface area contributed by atoms with E-state index in [2.05, 4.69) is 36.2 Å². The van der Waals surface area contributed by atoms with Crippen molar-refractivity contribution < 1.29 is 4.74 Å². The Hall–Kier alpha value is -0.900. The Labute approximate surface area is 123 Å². The molecule has 2 nitrogen and oxygen atoms in total. The number of aromatic nitrogens is 1. The van der Waals surface area contributed by atoms with Gasteiger partial charge in [0.05, 0.1) is 18.2 Å². The first kappa shape index (κ1) is 14.5. The van der Waals surface area contributed by atoms with Gasteiger partial charge in [0.15, 0.2) is 0 Å². The smallest absolute Gasteiger partial charge is 0.123 e. The second kappa shape index (κ2) is 7.63. The maximum atomic E-state index is 5.76. The highest BCUT2D eigenvalue weighted by molar-refractivity contribution is 7.13. The first-order chi connectivity index (χ1) is 9.33. The van der Waals surface area contributed by atoms with Crippen molar-refractivity contribution >= 4 is 22.9 Å². The van der Waals surface area contributed by atoms with E-state index in [9.17, 15) is 0 Å². The molecule has 102 valence electrons. The van der Waals surface area contributed by atoms with Crippen LogP contribution in [-0.2, 0) is 17.2 Å². The van der Waals surface area contributed by atoms with Crippen LogP contribution in [0.1, 0.15) is 31.0 Å². The highest BCUT2D eigenvalue weighted by Gasteiger charge is 2.04. The van der Waals surface area contributed by atoms with Crippen LogP contribution < -0.4 is 0 Å². The Bertz CT molecular complexity index is 495. The van der Waals surface area contributed by atoms with E-state index in [-0.39, 0.29) is 0 Å². The molecule has 0 spiro atoms. The van der Waals surface area contributed by atoms with Crippen LogP contribution in [0.25, 0.3) is 10.6 Å². The molecule has 4 heteroatoms. The van der Waals surface area contributed by atoms with Crippen LogP contribution in [0.4, 0.5) is 0 Å². The number of ether oxygens (including phenoxy) is 1. The largest absolute Gasteiger partial charge is 0.377 e. The van der Waals surface area contributed by atoms with Crippen LogP contribution >= 0.6 is 22.9 Å². The Morgan fingerprint density at radius 3 is 2.68 bits per heavy atom. The fourth-order valence-corrected chi connectivity index (χ4v) is 2.74. The second-order valence-corrected chi connectivity index (χ2v) is 5.51. The Balaban J connectivity index is 1.94. The average molecular weight is 296 g/mol. The molecule has 0 unspecified atom stereocenters. The summed E-state index contributed by atoms with van der Waals surface area (Å²) in [6.07, 6.45) is 2.30. The quantitative estimate of drug-likeness (QED) is 0.537. The van der Waals surface area contributed by atoms with E-state index in [0.29, 0.717) is 12.5 Å². The van der Waals surface area contributed by atoms with E-state index in [4.69, 9.17) is 16.3 Å². The van der Waals surface area contributed by atoms with Crippen LogP contribution in [0.5, 0.6) is 0 Å². The summed E-state index contributed by atoms with van der Waals surface area (Å²) in [7, 11) is 0. The molecule has 1 aromatic carbocycles. The molecule has 0 aliphatic rings. The zero-order valence-electron chi connectivity index (χ0n) is 11.1. The summed E-state index contributed by atoms with van der Waals surface area (Å²) in [6.45, 7) is 3.69. The van der Waals surface area contributed by atoms with Gasteiger partial charge in [0.25, 0.3) is 0 Å². The monoisotopic (exact) mass is 295 g/mol. The number of nitrogens with zero attached hydrogens (tertiary/aromatic N) is 1. The third kappa shape index (κ3) is 4.30. The molecule has 0 amide bonds. The molecule has 2 rings (SSSR count).